The lowest BCUT2D eigenvalue weighted by Gasteiger charge is -2.29. The van der Waals surface area contributed by atoms with E-state index in [0.29, 0.717) is 6.04 Å². The molecule has 0 radical (unpaired) electrons. The van der Waals surface area contributed by atoms with Crippen molar-refractivity contribution in [1.82, 2.24) is 24.5 Å². The van der Waals surface area contributed by atoms with Crippen LogP contribution in [0, 0.1) is 12.7 Å². The van der Waals surface area contributed by atoms with E-state index in [1.807, 2.05) is 54.0 Å². The van der Waals surface area contributed by atoms with Gasteiger partial charge in [0.05, 0.1) is 11.9 Å². The first-order valence-corrected chi connectivity index (χ1v) is 10.9. The van der Waals surface area contributed by atoms with Gasteiger partial charge in [-0.15, -0.1) is 5.10 Å². The van der Waals surface area contributed by atoms with Crippen molar-refractivity contribution in [3.05, 3.63) is 66.2 Å². The zero-order valence-electron chi connectivity index (χ0n) is 18.2. The van der Waals surface area contributed by atoms with Crippen LogP contribution in [0.2, 0.25) is 0 Å². The van der Waals surface area contributed by atoms with Crippen molar-refractivity contribution >= 4 is 23.0 Å². The largest absolute Gasteiger partial charge is 0.366 e. The Morgan fingerprint density at radius 3 is 2.56 bits per heavy atom. The van der Waals surface area contributed by atoms with E-state index in [2.05, 4.69) is 32.5 Å². The van der Waals surface area contributed by atoms with E-state index in [1.165, 1.54) is 6.07 Å². The average molecular weight is 432 g/mol. The Morgan fingerprint density at radius 2 is 1.78 bits per heavy atom. The van der Waals surface area contributed by atoms with Gasteiger partial charge in [-0.05, 0) is 76.3 Å². The maximum atomic E-state index is 14.0. The minimum Gasteiger partial charge on any atom is -0.366 e. The Morgan fingerprint density at radius 1 is 1.00 bits per heavy atom. The number of likely N-dealkylation sites (tertiary alicyclic amines) is 1. The van der Waals surface area contributed by atoms with Crippen LogP contribution in [0.4, 0.5) is 21.7 Å². The molecule has 164 valence electrons. The van der Waals surface area contributed by atoms with Crippen LogP contribution in [-0.4, -0.2) is 50.7 Å². The number of anilines is 3. The Hall–Kier alpha value is -3.52. The maximum absolute atomic E-state index is 14.0. The molecule has 5 rings (SSSR count). The highest BCUT2D eigenvalue weighted by Gasteiger charge is 2.17. The normalized spacial score (nSPS) is 15.2. The molecule has 3 aromatic heterocycles. The van der Waals surface area contributed by atoms with Crippen molar-refractivity contribution in [3.63, 3.8) is 0 Å². The summed E-state index contributed by atoms with van der Waals surface area (Å²) in [5, 5.41) is 11.4. The summed E-state index contributed by atoms with van der Waals surface area (Å²) in [4.78, 5) is 11.1. The summed E-state index contributed by atoms with van der Waals surface area (Å²) >= 11 is 0. The number of benzene rings is 1. The van der Waals surface area contributed by atoms with Gasteiger partial charge in [-0.1, -0.05) is 12.1 Å². The second-order valence-electron chi connectivity index (χ2n) is 8.34. The van der Waals surface area contributed by atoms with Crippen LogP contribution >= 0.6 is 0 Å². The number of fused-ring (bicyclic) bond motifs is 1. The number of pyridine rings is 1. The fourth-order valence-electron chi connectivity index (χ4n) is 4.00. The van der Waals surface area contributed by atoms with Gasteiger partial charge in [0.15, 0.2) is 17.3 Å². The van der Waals surface area contributed by atoms with Gasteiger partial charge in [-0.25, -0.2) is 18.9 Å². The highest BCUT2D eigenvalue weighted by molar-refractivity contribution is 5.67. The molecule has 0 spiro atoms. The molecule has 7 nitrogen and oxygen atoms in total. The van der Waals surface area contributed by atoms with Gasteiger partial charge in [0.2, 0.25) is 0 Å². The van der Waals surface area contributed by atoms with E-state index in [1.54, 1.807) is 6.07 Å². The molecule has 0 unspecified atom stereocenters. The van der Waals surface area contributed by atoms with Gasteiger partial charge < -0.3 is 15.5 Å². The van der Waals surface area contributed by atoms with Gasteiger partial charge in [0.25, 0.3) is 0 Å². The van der Waals surface area contributed by atoms with Crippen LogP contribution in [0.1, 0.15) is 18.5 Å². The fraction of sp³-hybridized carbons (Fsp3) is 0.292. The molecule has 0 amide bonds. The Kier molecular flexibility index (Phi) is 5.45. The molecule has 1 aliphatic rings. The number of rotatable bonds is 5. The molecule has 1 aromatic carbocycles. The zero-order chi connectivity index (χ0) is 22.1. The van der Waals surface area contributed by atoms with Crippen molar-refractivity contribution in [2.75, 3.05) is 30.8 Å². The monoisotopic (exact) mass is 431 g/mol. The van der Waals surface area contributed by atoms with Crippen LogP contribution in [0.15, 0.2) is 54.7 Å². The highest BCUT2D eigenvalue weighted by Crippen LogP contribution is 2.25. The highest BCUT2D eigenvalue weighted by atomic mass is 19.1. The maximum Gasteiger partial charge on any atom is 0.166 e. The third kappa shape index (κ3) is 4.27. The summed E-state index contributed by atoms with van der Waals surface area (Å²) in [6, 6.07) is 15.2. The first-order valence-electron chi connectivity index (χ1n) is 10.9. The third-order valence-corrected chi connectivity index (χ3v) is 5.86. The van der Waals surface area contributed by atoms with Gasteiger partial charge in [0, 0.05) is 23.0 Å². The topological polar surface area (TPSA) is 70.4 Å². The lowest BCUT2D eigenvalue weighted by atomic mass is 10.1. The SMILES string of the molecule is Cc1ccc(F)c(Nc2ccc(-c3cnc4ccc(NC5CCN(C)CC5)nn34)cc2)n1. The van der Waals surface area contributed by atoms with E-state index in [9.17, 15) is 4.39 Å². The number of hydrogen-bond donors (Lipinski definition) is 2. The molecular formula is C24H26FN7. The lowest BCUT2D eigenvalue weighted by molar-refractivity contribution is 0.263. The molecule has 4 heterocycles. The second-order valence-corrected chi connectivity index (χ2v) is 8.34. The predicted molar refractivity (Wildman–Crippen MR) is 125 cm³/mol. The van der Waals surface area contributed by atoms with Crippen molar-refractivity contribution in [1.29, 1.82) is 0 Å². The number of imidazole rings is 1. The predicted octanol–water partition coefficient (Wildman–Crippen LogP) is 4.49. The Labute approximate surface area is 186 Å². The van der Waals surface area contributed by atoms with Crippen LogP contribution in [0.5, 0.6) is 0 Å². The van der Waals surface area contributed by atoms with Gasteiger partial charge in [-0.2, -0.15) is 0 Å². The standard InChI is InChI=1S/C24H26FN7/c1-16-3-8-20(25)24(27-16)29-18-6-4-17(5-7-18)21-15-26-23-10-9-22(30-32(21)23)28-19-11-13-31(2)14-12-19/h3-10,15,19H,11-14H2,1-2H3,(H,27,29)(H,28,30). The van der Waals surface area contributed by atoms with Gasteiger partial charge in [-0.3, -0.25) is 0 Å². The van der Waals surface area contributed by atoms with Crippen molar-refractivity contribution in [2.24, 2.45) is 0 Å². The number of nitrogens with one attached hydrogen (secondary N) is 2. The van der Waals surface area contributed by atoms with E-state index in [0.717, 1.165) is 60.0 Å². The van der Waals surface area contributed by atoms with Gasteiger partial charge >= 0.3 is 0 Å². The average Bonchev–Trinajstić information content (AvgIpc) is 3.22. The summed E-state index contributed by atoms with van der Waals surface area (Å²) < 4.78 is 15.9. The van der Waals surface area contributed by atoms with Crippen molar-refractivity contribution < 1.29 is 4.39 Å². The van der Waals surface area contributed by atoms with Gasteiger partial charge in [0.1, 0.15) is 5.82 Å². The molecule has 0 atom stereocenters. The fourth-order valence-corrected chi connectivity index (χ4v) is 4.00. The van der Waals surface area contributed by atoms with Crippen molar-refractivity contribution in [2.45, 2.75) is 25.8 Å². The molecule has 0 saturated carbocycles. The number of aromatic nitrogens is 4. The number of halogens is 1. The minimum atomic E-state index is -0.379. The molecule has 4 aromatic rings. The molecular weight excluding hydrogens is 405 g/mol. The molecule has 8 heteroatoms. The third-order valence-electron chi connectivity index (χ3n) is 5.86. The van der Waals surface area contributed by atoms with Crippen molar-refractivity contribution in [3.8, 4) is 11.3 Å². The molecule has 1 aliphatic heterocycles. The van der Waals surface area contributed by atoms with Crippen LogP contribution in [0.3, 0.4) is 0 Å². The smallest absolute Gasteiger partial charge is 0.166 e. The van der Waals surface area contributed by atoms with E-state index in [-0.39, 0.29) is 11.6 Å². The summed E-state index contributed by atoms with van der Waals surface area (Å²) in [7, 11) is 2.16. The molecule has 0 aliphatic carbocycles. The minimum absolute atomic E-state index is 0.221. The van der Waals surface area contributed by atoms with Crippen LogP contribution in [-0.2, 0) is 0 Å². The quantitative estimate of drug-likeness (QED) is 0.485. The first-order chi connectivity index (χ1) is 15.5. The molecule has 1 fully saturated rings. The lowest BCUT2D eigenvalue weighted by Crippen LogP contribution is -2.36. The van der Waals surface area contributed by atoms with E-state index < -0.39 is 0 Å². The molecule has 2 N–H and O–H groups in total. The number of nitrogens with zero attached hydrogens (tertiary/aromatic N) is 5. The summed E-state index contributed by atoms with van der Waals surface area (Å²) in [6.07, 6.45) is 4.04. The second kappa shape index (κ2) is 8.55. The molecule has 1 saturated heterocycles. The number of piperidine rings is 1. The molecule has 0 bridgehead atoms. The van der Waals surface area contributed by atoms with Crippen LogP contribution in [0.25, 0.3) is 16.9 Å². The van der Waals surface area contributed by atoms with E-state index in [4.69, 9.17) is 5.10 Å². The molecule has 32 heavy (non-hydrogen) atoms. The zero-order valence-corrected chi connectivity index (χ0v) is 18.2. The summed E-state index contributed by atoms with van der Waals surface area (Å²) in [6.45, 7) is 4.03. The first kappa shape index (κ1) is 20.4. The summed E-state index contributed by atoms with van der Waals surface area (Å²) in [5.41, 5.74) is 4.19. The summed E-state index contributed by atoms with van der Waals surface area (Å²) in [5.74, 6) is 0.694. The number of aryl methyl sites for hydroxylation is 1. The Balaban J connectivity index is 1.36. The Bertz CT molecular complexity index is 1230. The van der Waals surface area contributed by atoms with E-state index >= 15 is 0 Å². The number of hydrogen-bond acceptors (Lipinski definition) is 6. The van der Waals surface area contributed by atoms with Crippen LogP contribution < -0.4 is 10.6 Å².